The largest absolute Gasteiger partial charge is 0.476 e. The highest BCUT2D eigenvalue weighted by atomic mass is 16.4. The van der Waals surface area contributed by atoms with Gasteiger partial charge >= 0.3 is 5.97 Å². The lowest BCUT2D eigenvalue weighted by molar-refractivity contribution is 0.0691. The summed E-state index contributed by atoms with van der Waals surface area (Å²) in [6.45, 7) is 2.98. The van der Waals surface area contributed by atoms with E-state index in [2.05, 4.69) is 22.2 Å². The second-order valence-electron chi connectivity index (χ2n) is 4.93. The first-order chi connectivity index (χ1) is 8.11. The summed E-state index contributed by atoms with van der Waals surface area (Å²) in [6.07, 6.45) is 7.78. The van der Waals surface area contributed by atoms with E-state index in [0.29, 0.717) is 5.82 Å². The van der Waals surface area contributed by atoms with Gasteiger partial charge in [-0.2, -0.15) is 0 Å². The normalized spacial score (nSPS) is 17.9. The highest BCUT2D eigenvalue weighted by molar-refractivity contribution is 5.90. The molecule has 1 heterocycles. The maximum atomic E-state index is 11.0. The molecule has 1 aliphatic carbocycles. The fraction of sp³-hybridized carbons (Fsp3) is 0.583. The van der Waals surface area contributed by atoms with Crippen LogP contribution in [-0.4, -0.2) is 27.6 Å². The van der Waals surface area contributed by atoms with E-state index in [0.717, 1.165) is 6.54 Å². The zero-order valence-corrected chi connectivity index (χ0v) is 9.94. The number of rotatable bonds is 4. The Bertz CT molecular complexity index is 414. The summed E-state index contributed by atoms with van der Waals surface area (Å²) < 4.78 is 0. The van der Waals surface area contributed by atoms with Crippen LogP contribution in [0.15, 0.2) is 12.4 Å². The molecule has 1 saturated carbocycles. The van der Waals surface area contributed by atoms with E-state index in [-0.39, 0.29) is 11.1 Å². The summed E-state index contributed by atoms with van der Waals surface area (Å²) in [7, 11) is 0. The molecule has 2 rings (SSSR count). The van der Waals surface area contributed by atoms with Crippen molar-refractivity contribution in [3.63, 3.8) is 0 Å². The maximum absolute atomic E-state index is 11.0. The zero-order valence-electron chi connectivity index (χ0n) is 9.94. The van der Waals surface area contributed by atoms with Gasteiger partial charge in [-0.1, -0.05) is 19.8 Å². The number of hydrogen-bond acceptors (Lipinski definition) is 4. The van der Waals surface area contributed by atoms with Crippen molar-refractivity contribution in [3.8, 4) is 0 Å². The molecule has 0 unspecified atom stereocenters. The van der Waals surface area contributed by atoms with Crippen LogP contribution in [0.1, 0.15) is 43.1 Å². The quantitative estimate of drug-likeness (QED) is 0.836. The minimum absolute atomic E-state index is 0.00547. The Kier molecular flexibility index (Phi) is 3.26. The average molecular weight is 235 g/mol. The first-order valence-corrected chi connectivity index (χ1v) is 5.89. The van der Waals surface area contributed by atoms with Gasteiger partial charge in [-0.25, -0.2) is 14.8 Å². The highest BCUT2D eigenvalue weighted by Gasteiger charge is 2.28. The smallest absolute Gasteiger partial charge is 0.358 e. The number of nitrogens with zero attached hydrogens (tertiary/aromatic N) is 2. The highest BCUT2D eigenvalue weighted by Crippen LogP contribution is 2.37. The number of hydrogen-bond donors (Lipinski definition) is 2. The van der Waals surface area contributed by atoms with Crippen molar-refractivity contribution in [2.24, 2.45) is 5.41 Å². The van der Waals surface area contributed by atoms with Gasteiger partial charge in [0.25, 0.3) is 0 Å². The Hall–Kier alpha value is -1.65. The third-order valence-corrected chi connectivity index (χ3v) is 3.39. The number of anilines is 1. The van der Waals surface area contributed by atoms with Gasteiger partial charge < -0.3 is 10.4 Å². The molecular weight excluding hydrogens is 218 g/mol. The number of nitrogens with one attached hydrogen (secondary N) is 1. The Morgan fingerprint density at radius 2 is 2.06 bits per heavy atom. The van der Waals surface area contributed by atoms with Gasteiger partial charge in [-0.05, 0) is 18.3 Å². The molecule has 0 saturated heterocycles. The van der Waals surface area contributed by atoms with Gasteiger partial charge in [-0.3, -0.25) is 0 Å². The fourth-order valence-electron chi connectivity index (χ4n) is 2.33. The van der Waals surface area contributed by atoms with E-state index in [1.165, 1.54) is 38.1 Å². The van der Waals surface area contributed by atoms with Gasteiger partial charge in [0.2, 0.25) is 0 Å². The SMILES string of the molecule is CC1(CNc2nccnc2C(=O)O)CCCC1. The molecule has 1 aliphatic rings. The molecule has 0 bridgehead atoms. The van der Waals surface area contributed by atoms with Crippen molar-refractivity contribution in [1.29, 1.82) is 0 Å². The van der Waals surface area contributed by atoms with Crippen molar-refractivity contribution in [3.05, 3.63) is 18.1 Å². The van der Waals surface area contributed by atoms with Gasteiger partial charge in [-0.15, -0.1) is 0 Å². The number of aromatic nitrogens is 2. The molecule has 5 nitrogen and oxygen atoms in total. The Balaban J connectivity index is 2.06. The summed E-state index contributed by atoms with van der Waals surface area (Å²) >= 11 is 0. The van der Waals surface area contributed by atoms with Crippen LogP contribution in [0.5, 0.6) is 0 Å². The molecule has 17 heavy (non-hydrogen) atoms. The first-order valence-electron chi connectivity index (χ1n) is 5.89. The summed E-state index contributed by atoms with van der Waals surface area (Å²) in [4.78, 5) is 18.8. The topological polar surface area (TPSA) is 75.1 Å². The molecule has 0 spiro atoms. The Labute approximate surface area is 100 Å². The first kappa shape index (κ1) is 11.8. The predicted octanol–water partition coefficient (Wildman–Crippen LogP) is 2.17. The standard InChI is InChI=1S/C12H17N3O2/c1-12(4-2-3-5-12)8-15-10-9(11(16)17)13-6-7-14-10/h6-7H,2-5,8H2,1H3,(H,14,15)(H,16,17). The summed E-state index contributed by atoms with van der Waals surface area (Å²) in [5.74, 6) is -0.676. The monoisotopic (exact) mass is 235 g/mol. The second kappa shape index (κ2) is 4.69. The predicted molar refractivity (Wildman–Crippen MR) is 64.1 cm³/mol. The lowest BCUT2D eigenvalue weighted by Gasteiger charge is -2.24. The number of aromatic carboxylic acids is 1. The fourth-order valence-corrected chi connectivity index (χ4v) is 2.33. The molecule has 0 aromatic carbocycles. The summed E-state index contributed by atoms with van der Waals surface area (Å²) in [6, 6.07) is 0. The van der Waals surface area contributed by atoms with E-state index >= 15 is 0 Å². The average Bonchev–Trinajstić information content (AvgIpc) is 2.74. The van der Waals surface area contributed by atoms with Crippen LogP contribution in [0.4, 0.5) is 5.82 Å². The van der Waals surface area contributed by atoms with Crippen LogP contribution in [-0.2, 0) is 0 Å². The minimum Gasteiger partial charge on any atom is -0.476 e. The summed E-state index contributed by atoms with van der Waals surface area (Å²) in [5.41, 5.74) is 0.252. The van der Waals surface area contributed by atoms with E-state index in [9.17, 15) is 4.79 Å². The molecule has 0 amide bonds. The van der Waals surface area contributed by atoms with Gasteiger partial charge in [0.1, 0.15) is 0 Å². The molecule has 5 heteroatoms. The van der Waals surface area contributed by atoms with E-state index in [4.69, 9.17) is 5.11 Å². The van der Waals surface area contributed by atoms with Crippen molar-refractivity contribution in [1.82, 2.24) is 9.97 Å². The lowest BCUT2D eigenvalue weighted by atomic mass is 9.89. The number of carboxylic acids is 1. The zero-order chi connectivity index (χ0) is 12.3. The Morgan fingerprint density at radius 1 is 1.41 bits per heavy atom. The molecule has 92 valence electrons. The molecule has 0 radical (unpaired) electrons. The van der Waals surface area contributed by atoms with Crippen molar-refractivity contribution in [2.75, 3.05) is 11.9 Å². The molecule has 0 aliphatic heterocycles. The number of carbonyl (C=O) groups is 1. The minimum atomic E-state index is -1.04. The van der Waals surface area contributed by atoms with E-state index in [1.54, 1.807) is 0 Å². The third-order valence-electron chi connectivity index (χ3n) is 3.39. The van der Waals surface area contributed by atoms with E-state index in [1.807, 2.05) is 0 Å². The van der Waals surface area contributed by atoms with Gasteiger partial charge in [0.05, 0.1) is 0 Å². The van der Waals surface area contributed by atoms with E-state index < -0.39 is 5.97 Å². The van der Waals surface area contributed by atoms with Crippen LogP contribution >= 0.6 is 0 Å². The molecule has 2 N–H and O–H groups in total. The molecular formula is C12H17N3O2. The van der Waals surface area contributed by atoms with Crippen LogP contribution in [0, 0.1) is 5.41 Å². The van der Waals surface area contributed by atoms with Crippen LogP contribution < -0.4 is 5.32 Å². The van der Waals surface area contributed by atoms with Crippen LogP contribution in [0.3, 0.4) is 0 Å². The Morgan fingerprint density at radius 3 is 2.71 bits per heavy atom. The maximum Gasteiger partial charge on any atom is 0.358 e. The third kappa shape index (κ3) is 2.72. The molecule has 1 aromatic heterocycles. The molecule has 1 fully saturated rings. The van der Waals surface area contributed by atoms with Crippen molar-refractivity contribution >= 4 is 11.8 Å². The molecule has 0 atom stereocenters. The van der Waals surface area contributed by atoms with Gasteiger partial charge in [0, 0.05) is 18.9 Å². The summed E-state index contributed by atoms with van der Waals surface area (Å²) in [5, 5.41) is 12.1. The second-order valence-corrected chi connectivity index (χ2v) is 4.93. The van der Waals surface area contributed by atoms with Crippen molar-refractivity contribution < 1.29 is 9.90 Å². The lowest BCUT2D eigenvalue weighted by Crippen LogP contribution is -2.24. The number of carboxylic acid groups (broad SMARTS) is 1. The van der Waals surface area contributed by atoms with Crippen LogP contribution in [0.25, 0.3) is 0 Å². The van der Waals surface area contributed by atoms with Crippen molar-refractivity contribution in [2.45, 2.75) is 32.6 Å². The van der Waals surface area contributed by atoms with Gasteiger partial charge in [0.15, 0.2) is 11.5 Å². The molecule has 1 aromatic rings. The van der Waals surface area contributed by atoms with Crippen LogP contribution in [0.2, 0.25) is 0 Å².